The molecule has 105 heavy (non-hydrogen) atoms. The molecule has 16 rings (SSSR count). The number of nitrogens with two attached hydrogens (primary N) is 1. The van der Waals surface area contributed by atoms with Gasteiger partial charge in [0, 0.05) is 63.4 Å². The summed E-state index contributed by atoms with van der Waals surface area (Å²) in [7, 11) is 0. The third kappa shape index (κ3) is 14.5. The van der Waals surface area contributed by atoms with Crippen molar-refractivity contribution in [2.24, 2.45) is 5.73 Å². The molecule has 0 aliphatic heterocycles. The molecule has 0 amide bonds. The second-order valence-electron chi connectivity index (χ2n) is 24.7. The van der Waals surface area contributed by atoms with Crippen LogP contribution in [0.1, 0.15) is 68.2 Å². The minimum atomic E-state index is -0.696. The number of hydrogen-bond acceptors (Lipinski definition) is 15. The Bertz CT molecular complexity index is 5520. The number of nitrogens with one attached hydrogen (secondary N) is 5. The molecule has 0 unspecified atom stereocenters. The summed E-state index contributed by atoms with van der Waals surface area (Å²) in [5.41, 5.74) is 16.1. The molecular weight excluding hydrogens is 1320 g/mol. The quantitative estimate of drug-likeness (QED) is 0.0187. The van der Waals surface area contributed by atoms with Crippen molar-refractivity contribution in [3.05, 3.63) is 380 Å². The third-order valence-electron chi connectivity index (χ3n) is 18.2. The fourth-order valence-electron chi connectivity index (χ4n) is 13.7. The second kappa shape index (κ2) is 31.8. The minimum Gasteiger partial charge on any atom is -0.440 e. The zero-order valence-electron chi connectivity index (χ0n) is 57.0. The maximum Gasteiger partial charge on any atom is 0.253 e. The highest BCUT2D eigenvalue weighted by Gasteiger charge is 2.43. The molecule has 8 heterocycles. The molecule has 0 spiro atoms. The largest absolute Gasteiger partial charge is 0.440 e. The van der Waals surface area contributed by atoms with Crippen molar-refractivity contribution < 1.29 is 22.4 Å². The predicted molar refractivity (Wildman–Crippen MR) is 404 cm³/mol. The molecule has 0 saturated carbocycles. The van der Waals surface area contributed by atoms with Gasteiger partial charge in [0.2, 0.25) is 0 Å². The maximum atomic E-state index is 14.1. The normalized spacial score (nSPS) is 11.5. The summed E-state index contributed by atoms with van der Waals surface area (Å²) in [6.07, 6.45) is 5.81. The number of oxazole rings is 2. The van der Waals surface area contributed by atoms with Crippen molar-refractivity contribution in [3.63, 3.8) is 0 Å². The zero-order chi connectivity index (χ0) is 72.0. The van der Waals surface area contributed by atoms with Gasteiger partial charge in [-0.05, 0) is 81.9 Å². The van der Waals surface area contributed by atoms with Crippen LogP contribution in [-0.2, 0) is 54.6 Å². The molecule has 19 nitrogen and oxygen atoms in total. The van der Waals surface area contributed by atoms with Gasteiger partial charge in [-0.25, -0.2) is 28.7 Å². The number of benzene rings is 8. The summed E-state index contributed by atoms with van der Waals surface area (Å²) in [5, 5.41) is 9.54. The van der Waals surface area contributed by atoms with Crippen molar-refractivity contribution in [1.82, 2.24) is 54.3 Å². The van der Waals surface area contributed by atoms with Gasteiger partial charge in [-0.3, -0.25) is 19.6 Å². The molecule has 0 saturated heterocycles. The molecular formula is C84H72F2N14O5. The van der Waals surface area contributed by atoms with Gasteiger partial charge in [0.25, 0.3) is 11.1 Å². The fraction of sp³-hybridized carbons (Fsp3) is 0.131. The van der Waals surface area contributed by atoms with Crippen LogP contribution in [0.4, 0.5) is 20.4 Å². The number of pyridine rings is 4. The Labute approximate surface area is 601 Å². The van der Waals surface area contributed by atoms with Crippen molar-refractivity contribution in [2.45, 2.75) is 49.9 Å². The first-order valence-electron chi connectivity index (χ1n) is 34.5. The minimum absolute atomic E-state index is 0.0797. The van der Waals surface area contributed by atoms with E-state index in [9.17, 15) is 23.2 Å². The van der Waals surface area contributed by atoms with E-state index in [-0.39, 0.29) is 42.0 Å². The first-order chi connectivity index (χ1) is 51.6. The van der Waals surface area contributed by atoms with Crippen LogP contribution in [0.2, 0.25) is 0 Å². The van der Waals surface area contributed by atoms with Gasteiger partial charge in [-0.15, -0.1) is 0 Å². The first kappa shape index (κ1) is 69.0. The van der Waals surface area contributed by atoms with E-state index in [1.54, 1.807) is 0 Å². The monoisotopic (exact) mass is 1390 g/mol. The standard InChI is InChI=1S/C42H36FN7O2.C28H22N2O.C14H14FN5O2/c43-32-19-12-24-45-34(32)28-46-41-40-36(27-38(51)48-41)52-39(49-40)23-26-44-25-22-37-47-33-20-10-11-21-35(33)50(37)42(29-13-4-1-5-14-29,30-15-6-2-7-16-30)31-17-8-3-9-18-31;31-21-20-27-29-25-18-10-11-19-26(25)30(27)28(22-12-4-1-5-13-22,23-14-6-2-7-15-23)24-16-8-3-9-17-24;15-8-2-1-5-17-9(8)7-18-14-13-10(6-11(21)19-14)22-12(20-13)3-4-16/h1-21,24,27,44H,22-23,25-26,28H2,(H2,46,48,51);1-19,21H,20H2;1-2,5-6H,3-4,7,16H2,(H2,18,19,21). The molecule has 21 heteroatoms. The first-order valence-corrected chi connectivity index (χ1v) is 34.5. The summed E-state index contributed by atoms with van der Waals surface area (Å²) >= 11 is 0. The number of hydrogen-bond donors (Lipinski definition) is 6. The number of carbonyl (C=O) groups excluding carboxylic acids is 1. The van der Waals surface area contributed by atoms with Crippen molar-refractivity contribution in [2.75, 3.05) is 30.3 Å². The highest BCUT2D eigenvalue weighted by Crippen LogP contribution is 2.46. The lowest BCUT2D eigenvalue weighted by molar-refractivity contribution is -0.107. The molecule has 8 aromatic carbocycles. The summed E-state index contributed by atoms with van der Waals surface area (Å²) in [5.74, 6) is 2.48. The molecule has 8 aromatic heterocycles. The van der Waals surface area contributed by atoms with E-state index >= 15 is 0 Å². The number of aromatic nitrogens is 10. The molecule has 0 radical (unpaired) electrons. The Morgan fingerprint density at radius 1 is 0.438 bits per heavy atom. The number of halogens is 2. The number of aromatic amines is 2. The number of aldehydes is 1. The molecule has 0 atom stereocenters. The number of carbonyl (C=O) groups is 1. The lowest BCUT2D eigenvalue weighted by Crippen LogP contribution is -2.39. The zero-order valence-corrected chi connectivity index (χ0v) is 57.0. The van der Waals surface area contributed by atoms with E-state index in [1.807, 2.05) is 42.5 Å². The van der Waals surface area contributed by atoms with E-state index in [0.717, 1.165) is 73.4 Å². The van der Waals surface area contributed by atoms with Gasteiger partial charge < -0.3 is 54.4 Å². The molecule has 0 aliphatic rings. The highest BCUT2D eigenvalue weighted by atomic mass is 19.1. The fourth-order valence-corrected chi connectivity index (χ4v) is 13.7. The SMILES string of the molecule is NCCc1nc2c(NCc3ncccc3F)[nH]c(=O)cc2o1.O=CCc1nc2ccccc2n1C(c1ccccc1)(c1ccccc1)c1ccccc1.O=c1cc2oc(CCNCCc3nc4ccccc4n3C(c3ccccc3)(c3ccccc3)c3ccccc3)nc2c(NCc2ncccc2F)[nH]1. The molecule has 522 valence electrons. The Morgan fingerprint density at radius 3 is 1.19 bits per heavy atom. The lowest BCUT2D eigenvalue weighted by Gasteiger charge is -2.39. The summed E-state index contributed by atoms with van der Waals surface area (Å²) < 4.78 is 43.8. The predicted octanol–water partition coefficient (Wildman–Crippen LogP) is 14.0. The van der Waals surface area contributed by atoms with Crippen molar-refractivity contribution >= 4 is 62.2 Å². The van der Waals surface area contributed by atoms with Gasteiger partial charge in [0.05, 0.1) is 53.0 Å². The van der Waals surface area contributed by atoms with Crippen LogP contribution in [0.3, 0.4) is 0 Å². The molecule has 7 N–H and O–H groups in total. The third-order valence-corrected chi connectivity index (χ3v) is 18.2. The lowest BCUT2D eigenvalue weighted by atomic mass is 9.76. The second-order valence-corrected chi connectivity index (χ2v) is 24.7. The Hall–Kier alpha value is -13.1. The van der Waals surface area contributed by atoms with Gasteiger partial charge in [-0.2, -0.15) is 0 Å². The van der Waals surface area contributed by atoms with Crippen LogP contribution in [0.5, 0.6) is 0 Å². The van der Waals surface area contributed by atoms with Crippen LogP contribution >= 0.6 is 0 Å². The van der Waals surface area contributed by atoms with Crippen LogP contribution in [0.25, 0.3) is 44.3 Å². The van der Waals surface area contributed by atoms with Crippen LogP contribution < -0.4 is 32.8 Å². The number of imidazole rings is 2. The molecule has 16 aromatic rings. The number of fused-ring (bicyclic) bond motifs is 4. The summed E-state index contributed by atoms with van der Waals surface area (Å²) in [6.45, 7) is 1.82. The van der Waals surface area contributed by atoms with E-state index in [4.69, 9.17) is 24.5 Å². The average Bonchev–Trinajstić information content (AvgIpc) is 1.67. The Kier molecular flexibility index (Phi) is 20.9. The number of rotatable bonds is 24. The van der Waals surface area contributed by atoms with Gasteiger partial charge in [0.15, 0.2) is 22.9 Å². The molecule has 0 bridgehead atoms. The topological polar surface area (TPSA) is 258 Å². The van der Waals surface area contributed by atoms with E-state index in [2.05, 4.69) is 243 Å². The van der Waals surface area contributed by atoms with Crippen molar-refractivity contribution in [1.29, 1.82) is 0 Å². The Balaban J connectivity index is 0.000000148. The van der Waals surface area contributed by atoms with Gasteiger partial charge in [0.1, 0.15) is 63.3 Å². The van der Waals surface area contributed by atoms with E-state index in [0.29, 0.717) is 84.5 Å². The average molecular weight is 1400 g/mol. The molecule has 0 fully saturated rings. The summed E-state index contributed by atoms with van der Waals surface area (Å²) in [4.78, 5) is 68.1. The highest BCUT2D eigenvalue weighted by molar-refractivity contribution is 5.85. The van der Waals surface area contributed by atoms with Crippen LogP contribution in [0.15, 0.2) is 298 Å². The number of para-hydroxylation sites is 4. The van der Waals surface area contributed by atoms with Gasteiger partial charge >= 0.3 is 0 Å². The smallest absolute Gasteiger partial charge is 0.253 e. The number of H-pyrrole nitrogens is 2. The molecule has 0 aliphatic carbocycles. The van der Waals surface area contributed by atoms with Gasteiger partial charge in [-0.1, -0.05) is 206 Å². The maximum absolute atomic E-state index is 14.1. The number of nitrogens with zero attached hydrogens (tertiary/aromatic N) is 8. The van der Waals surface area contributed by atoms with Crippen LogP contribution in [-0.4, -0.2) is 74.9 Å². The van der Waals surface area contributed by atoms with Crippen LogP contribution in [0, 0.1) is 11.6 Å². The van der Waals surface area contributed by atoms with E-state index in [1.165, 1.54) is 48.8 Å². The summed E-state index contributed by atoms with van der Waals surface area (Å²) in [6, 6.07) is 88.1. The van der Waals surface area contributed by atoms with Crippen molar-refractivity contribution in [3.8, 4) is 0 Å². The van der Waals surface area contributed by atoms with E-state index < -0.39 is 22.7 Å². The Morgan fingerprint density at radius 2 is 0.800 bits per heavy atom. The number of anilines is 2.